The summed E-state index contributed by atoms with van der Waals surface area (Å²) in [6.45, 7) is -0.178. The lowest BCUT2D eigenvalue weighted by Crippen LogP contribution is -2.33. The molecule has 2 amide bonds. The molecule has 0 aliphatic rings. The van der Waals surface area contributed by atoms with E-state index >= 15 is 0 Å². The quantitative estimate of drug-likeness (QED) is 0.585. The summed E-state index contributed by atoms with van der Waals surface area (Å²) in [6, 6.07) is 9.79. The number of thiazole rings is 1. The summed E-state index contributed by atoms with van der Waals surface area (Å²) in [6.07, 6.45) is 0. The van der Waals surface area contributed by atoms with E-state index in [-0.39, 0.29) is 24.5 Å². The molecule has 0 bridgehead atoms. The van der Waals surface area contributed by atoms with Gasteiger partial charge in [0, 0.05) is 22.2 Å². The third-order valence-corrected chi connectivity index (χ3v) is 4.65. The van der Waals surface area contributed by atoms with Crippen molar-refractivity contribution >= 4 is 40.4 Å². The van der Waals surface area contributed by atoms with Gasteiger partial charge in [-0.1, -0.05) is 11.6 Å². The molecule has 150 valence electrons. The average Bonchev–Trinajstić information content (AvgIpc) is 3.18. The van der Waals surface area contributed by atoms with Crippen LogP contribution in [0.3, 0.4) is 0 Å². The van der Waals surface area contributed by atoms with Gasteiger partial charge in [-0.3, -0.25) is 9.59 Å². The number of aromatic nitrogens is 1. The van der Waals surface area contributed by atoms with E-state index in [4.69, 9.17) is 16.3 Å². The molecular formula is C19H14ClF2N3O3S. The standard InChI is InChI=1S/C19H14ClF2N3O3S/c20-11-1-4-13(5-2-11)28-9-18-25-16(10-29-18)19(27)23-8-17(26)24-12-3-6-14(21)15(22)7-12/h1-7,10H,8-9H2,(H,23,27)(H,24,26). The first-order valence-electron chi connectivity index (χ1n) is 8.26. The van der Waals surface area contributed by atoms with E-state index in [0.717, 1.165) is 12.1 Å². The molecule has 0 radical (unpaired) electrons. The van der Waals surface area contributed by atoms with E-state index in [0.29, 0.717) is 15.8 Å². The minimum atomic E-state index is -1.08. The molecule has 0 fully saturated rings. The fourth-order valence-electron chi connectivity index (χ4n) is 2.19. The molecule has 3 rings (SSSR count). The number of anilines is 1. The number of rotatable bonds is 7. The van der Waals surface area contributed by atoms with Crippen LogP contribution in [-0.4, -0.2) is 23.3 Å². The molecule has 0 aliphatic heterocycles. The van der Waals surface area contributed by atoms with Gasteiger partial charge >= 0.3 is 0 Å². The zero-order valence-corrected chi connectivity index (χ0v) is 16.3. The van der Waals surface area contributed by atoms with Gasteiger partial charge in [-0.25, -0.2) is 13.8 Å². The lowest BCUT2D eigenvalue weighted by molar-refractivity contribution is -0.115. The minimum Gasteiger partial charge on any atom is -0.486 e. The van der Waals surface area contributed by atoms with E-state index in [2.05, 4.69) is 15.6 Å². The summed E-state index contributed by atoms with van der Waals surface area (Å²) >= 11 is 7.05. The molecule has 0 saturated carbocycles. The number of carbonyl (C=O) groups is 2. The molecule has 0 atom stereocenters. The van der Waals surface area contributed by atoms with Crippen LogP contribution < -0.4 is 15.4 Å². The summed E-state index contributed by atoms with van der Waals surface area (Å²) in [4.78, 5) is 28.1. The van der Waals surface area contributed by atoms with E-state index < -0.39 is 23.4 Å². The molecule has 2 N–H and O–H groups in total. The first kappa shape index (κ1) is 20.7. The van der Waals surface area contributed by atoms with Gasteiger partial charge in [0.2, 0.25) is 5.91 Å². The summed E-state index contributed by atoms with van der Waals surface area (Å²) in [5.41, 5.74) is 0.226. The van der Waals surface area contributed by atoms with Crippen LogP contribution in [0.15, 0.2) is 47.8 Å². The van der Waals surface area contributed by atoms with Gasteiger partial charge in [0.1, 0.15) is 23.1 Å². The third-order valence-electron chi connectivity index (χ3n) is 3.57. The second-order valence-corrected chi connectivity index (χ2v) is 7.11. The molecule has 29 heavy (non-hydrogen) atoms. The third kappa shape index (κ3) is 5.97. The normalized spacial score (nSPS) is 10.4. The molecule has 1 aromatic heterocycles. The van der Waals surface area contributed by atoms with Gasteiger partial charge in [0.15, 0.2) is 11.6 Å². The highest BCUT2D eigenvalue weighted by molar-refractivity contribution is 7.09. The number of amides is 2. The molecule has 0 saturated heterocycles. The monoisotopic (exact) mass is 437 g/mol. The summed E-state index contributed by atoms with van der Waals surface area (Å²) < 4.78 is 31.6. The number of nitrogens with zero attached hydrogens (tertiary/aromatic N) is 1. The van der Waals surface area contributed by atoms with Crippen molar-refractivity contribution in [1.29, 1.82) is 0 Å². The number of nitrogens with one attached hydrogen (secondary N) is 2. The van der Waals surface area contributed by atoms with Crippen molar-refractivity contribution in [2.45, 2.75) is 6.61 Å². The van der Waals surface area contributed by atoms with Crippen LogP contribution in [0.2, 0.25) is 5.02 Å². The Balaban J connectivity index is 1.47. The predicted octanol–water partition coefficient (Wildman–Crippen LogP) is 4.02. The minimum absolute atomic E-state index is 0.0819. The SMILES string of the molecule is O=C(CNC(=O)c1csc(COc2ccc(Cl)cc2)n1)Nc1ccc(F)c(F)c1. The fourth-order valence-corrected chi connectivity index (χ4v) is 3.00. The average molecular weight is 438 g/mol. The maximum Gasteiger partial charge on any atom is 0.271 e. The zero-order valence-electron chi connectivity index (χ0n) is 14.7. The first-order chi connectivity index (χ1) is 13.9. The highest BCUT2D eigenvalue weighted by atomic mass is 35.5. The molecule has 0 aliphatic carbocycles. The predicted molar refractivity (Wildman–Crippen MR) is 105 cm³/mol. The Morgan fingerprint density at radius 2 is 1.86 bits per heavy atom. The Labute approximate surface area is 173 Å². The molecular weight excluding hydrogens is 424 g/mol. The van der Waals surface area contributed by atoms with E-state index in [9.17, 15) is 18.4 Å². The van der Waals surface area contributed by atoms with Crippen LogP contribution >= 0.6 is 22.9 Å². The van der Waals surface area contributed by atoms with Crippen molar-refractivity contribution in [1.82, 2.24) is 10.3 Å². The Bertz CT molecular complexity index is 1030. The van der Waals surface area contributed by atoms with Crippen LogP contribution in [0.25, 0.3) is 0 Å². The van der Waals surface area contributed by atoms with E-state index in [1.165, 1.54) is 17.4 Å². The van der Waals surface area contributed by atoms with Crippen molar-refractivity contribution in [3.8, 4) is 5.75 Å². The molecule has 2 aromatic carbocycles. The van der Waals surface area contributed by atoms with Gasteiger partial charge in [-0.05, 0) is 36.4 Å². The number of carbonyl (C=O) groups excluding carboxylic acids is 2. The highest BCUT2D eigenvalue weighted by Gasteiger charge is 2.13. The Hall–Kier alpha value is -3.04. The topological polar surface area (TPSA) is 80.3 Å². The van der Waals surface area contributed by atoms with Gasteiger partial charge in [-0.2, -0.15) is 0 Å². The smallest absolute Gasteiger partial charge is 0.271 e. The number of halogens is 3. The van der Waals surface area contributed by atoms with Crippen molar-refractivity contribution in [2.24, 2.45) is 0 Å². The second-order valence-electron chi connectivity index (χ2n) is 5.73. The zero-order chi connectivity index (χ0) is 20.8. The van der Waals surface area contributed by atoms with Crippen molar-refractivity contribution in [3.63, 3.8) is 0 Å². The number of ether oxygens (including phenoxy) is 1. The van der Waals surface area contributed by atoms with Crippen LogP contribution in [0.5, 0.6) is 5.75 Å². The summed E-state index contributed by atoms with van der Waals surface area (Å²) in [5, 5.41) is 7.49. The fraction of sp³-hybridized carbons (Fsp3) is 0.105. The van der Waals surface area contributed by atoms with Gasteiger partial charge in [0.05, 0.1) is 6.54 Å². The molecule has 10 heteroatoms. The van der Waals surface area contributed by atoms with Crippen LogP contribution in [0, 0.1) is 11.6 Å². The highest BCUT2D eigenvalue weighted by Crippen LogP contribution is 2.18. The van der Waals surface area contributed by atoms with Crippen LogP contribution in [0.1, 0.15) is 15.5 Å². The Morgan fingerprint density at radius 1 is 1.10 bits per heavy atom. The van der Waals surface area contributed by atoms with Gasteiger partial charge in [0.25, 0.3) is 5.91 Å². The Kier molecular flexibility index (Phi) is 6.73. The largest absolute Gasteiger partial charge is 0.486 e. The van der Waals surface area contributed by atoms with Crippen molar-refractivity contribution < 1.29 is 23.1 Å². The Morgan fingerprint density at radius 3 is 2.59 bits per heavy atom. The summed E-state index contributed by atoms with van der Waals surface area (Å²) in [7, 11) is 0. The van der Waals surface area contributed by atoms with Gasteiger partial charge < -0.3 is 15.4 Å². The molecule has 0 spiro atoms. The second kappa shape index (κ2) is 9.44. The lowest BCUT2D eigenvalue weighted by atomic mass is 10.3. The van der Waals surface area contributed by atoms with Gasteiger partial charge in [-0.15, -0.1) is 11.3 Å². The lowest BCUT2D eigenvalue weighted by Gasteiger charge is -2.06. The summed E-state index contributed by atoms with van der Waals surface area (Å²) in [5.74, 6) is -2.62. The molecule has 0 unspecified atom stereocenters. The van der Waals surface area contributed by atoms with Crippen LogP contribution in [-0.2, 0) is 11.4 Å². The number of hydrogen-bond donors (Lipinski definition) is 2. The van der Waals surface area contributed by atoms with Crippen LogP contribution in [0.4, 0.5) is 14.5 Å². The first-order valence-corrected chi connectivity index (χ1v) is 9.52. The maximum absolute atomic E-state index is 13.1. The number of hydrogen-bond acceptors (Lipinski definition) is 5. The van der Waals surface area contributed by atoms with E-state index in [1.54, 1.807) is 29.6 Å². The molecule has 3 aromatic rings. The maximum atomic E-state index is 13.1. The van der Waals surface area contributed by atoms with Crippen molar-refractivity contribution in [3.05, 3.63) is 75.2 Å². The molecule has 1 heterocycles. The number of benzene rings is 2. The van der Waals surface area contributed by atoms with Crippen molar-refractivity contribution in [2.75, 3.05) is 11.9 Å². The van der Waals surface area contributed by atoms with E-state index in [1.807, 2.05) is 0 Å². The molecule has 6 nitrogen and oxygen atoms in total.